The third-order valence-electron chi connectivity index (χ3n) is 6.17. The van der Waals surface area contributed by atoms with Gasteiger partial charge in [0.2, 0.25) is 11.8 Å². The number of rotatable bonds is 10. The molecule has 0 aliphatic carbocycles. The molecule has 0 saturated carbocycles. The zero-order valence-corrected chi connectivity index (χ0v) is 19.2. The molecule has 6 nitrogen and oxygen atoms in total. The number of hydrogen-bond acceptors (Lipinski definition) is 4. The number of ketones is 1. The maximum Gasteiger partial charge on any atom is 0.246 e. The number of carbonyl (C=O) groups is 3. The number of likely N-dealkylation sites (tertiary alicyclic amines) is 1. The van der Waals surface area contributed by atoms with Gasteiger partial charge < -0.3 is 20.3 Å². The highest BCUT2D eigenvalue weighted by Crippen LogP contribution is 2.20. The van der Waals surface area contributed by atoms with Crippen LogP contribution in [0.1, 0.15) is 51.9 Å². The quantitative estimate of drug-likeness (QED) is 0.548. The second-order valence-electron chi connectivity index (χ2n) is 9.02. The van der Waals surface area contributed by atoms with Crippen LogP contribution in [-0.4, -0.2) is 48.7 Å². The summed E-state index contributed by atoms with van der Waals surface area (Å²) in [5, 5.41) is 8.18. The number of benzene rings is 2. The Morgan fingerprint density at radius 2 is 1.84 bits per heavy atom. The van der Waals surface area contributed by atoms with Crippen LogP contribution in [0.4, 0.5) is 5.69 Å². The minimum atomic E-state index is -0.585. The van der Waals surface area contributed by atoms with Gasteiger partial charge in [0.15, 0.2) is 0 Å². The highest BCUT2D eigenvalue weighted by Gasteiger charge is 2.28. The van der Waals surface area contributed by atoms with Gasteiger partial charge in [-0.1, -0.05) is 43.2 Å². The van der Waals surface area contributed by atoms with Crippen LogP contribution in [0.5, 0.6) is 0 Å². The van der Waals surface area contributed by atoms with E-state index in [9.17, 15) is 14.4 Å². The molecule has 1 aliphatic rings. The summed E-state index contributed by atoms with van der Waals surface area (Å²) in [6, 6.07) is 13.2. The number of hydrogen-bond donors (Lipinski definition) is 2. The number of unbranched alkanes of at least 4 members (excludes halogenated alkanes) is 2. The minimum absolute atomic E-state index is 0.0426. The van der Waals surface area contributed by atoms with Crippen LogP contribution in [0.25, 0.3) is 10.8 Å². The lowest BCUT2D eigenvalue weighted by molar-refractivity contribution is -0.130. The molecule has 1 heterocycles. The Balaban J connectivity index is 1.64. The van der Waals surface area contributed by atoms with E-state index in [4.69, 9.17) is 0 Å². The van der Waals surface area contributed by atoms with E-state index in [0.29, 0.717) is 12.8 Å². The van der Waals surface area contributed by atoms with Crippen molar-refractivity contribution < 1.29 is 14.4 Å². The molecule has 1 fully saturated rings. The van der Waals surface area contributed by atoms with E-state index in [2.05, 4.69) is 15.5 Å². The van der Waals surface area contributed by atoms with E-state index >= 15 is 0 Å². The largest absolute Gasteiger partial charge is 0.344 e. The van der Waals surface area contributed by atoms with Gasteiger partial charge in [0.05, 0.1) is 5.92 Å². The monoisotopic (exact) mass is 437 g/mol. The first-order valence-electron chi connectivity index (χ1n) is 11.7. The van der Waals surface area contributed by atoms with Gasteiger partial charge >= 0.3 is 0 Å². The van der Waals surface area contributed by atoms with E-state index in [1.807, 2.05) is 49.5 Å². The fourth-order valence-electron chi connectivity index (χ4n) is 4.33. The van der Waals surface area contributed by atoms with E-state index in [1.54, 1.807) is 6.92 Å². The van der Waals surface area contributed by atoms with Crippen LogP contribution in [0.2, 0.25) is 0 Å². The second-order valence-corrected chi connectivity index (χ2v) is 9.02. The Hall–Kier alpha value is -2.73. The first-order valence-corrected chi connectivity index (χ1v) is 11.7. The molecule has 172 valence electrons. The average Bonchev–Trinajstić information content (AvgIpc) is 2.77. The molecule has 1 saturated heterocycles. The molecule has 1 unspecified atom stereocenters. The summed E-state index contributed by atoms with van der Waals surface area (Å²) >= 11 is 0. The van der Waals surface area contributed by atoms with E-state index < -0.39 is 6.04 Å². The maximum atomic E-state index is 13.1. The van der Waals surface area contributed by atoms with Crippen molar-refractivity contribution in [3.8, 4) is 0 Å². The molecular weight excluding hydrogens is 402 g/mol. The Kier molecular flexibility index (Phi) is 8.80. The number of anilines is 1. The number of piperidine rings is 1. The zero-order chi connectivity index (χ0) is 22.9. The highest BCUT2D eigenvalue weighted by molar-refractivity contribution is 5.99. The highest BCUT2D eigenvalue weighted by atomic mass is 16.2. The van der Waals surface area contributed by atoms with Crippen molar-refractivity contribution in [3.63, 3.8) is 0 Å². The first kappa shape index (κ1) is 23.9. The fraction of sp³-hybridized carbons (Fsp3) is 0.500. The molecule has 2 atom stereocenters. The van der Waals surface area contributed by atoms with Crippen LogP contribution in [0.15, 0.2) is 42.5 Å². The zero-order valence-electron chi connectivity index (χ0n) is 19.2. The van der Waals surface area contributed by atoms with Gasteiger partial charge in [-0.25, -0.2) is 0 Å². The summed E-state index contributed by atoms with van der Waals surface area (Å²) in [4.78, 5) is 39.3. The van der Waals surface area contributed by atoms with Crippen molar-refractivity contribution >= 4 is 34.1 Å². The minimum Gasteiger partial charge on any atom is -0.344 e. The summed E-state index contributed by atoms with van der Waals surface area (Å²) in [5.41, 5.74) is 0.724. The van der Waals surface area contributed by atoms with E-state index in [1.165, 1.54) is 0 Å². The first-order chi connectivity index (χ1) is 15.4. The van der Waals surface area contributed by atoms with Crippen molar-refractivity contribution in [1.29, 1.82) is 0 Å². The molecule has 0 aromatic heterocycles. The summed E-state index contributed by atoms with van der Waals surface area (Å²) in [6.07, 6.45) is 5.44. The predicted molar refractivity (Wildman–Crippen MR) is 128 cm³/mol. The molecule has 0 bridgehead atoms. The number of nitrogens with one attached hydrogen (secondary N) is 2. The molecule has 3 rings (SSSR count). The van der Waals surface area contributed by atoms with E-state index in [-0.39, 0.29) is 23.5 Å². The van der Waals surface area contributed by atoms with Gasteiger partial charge in [0, 0.05) is 18.7 Å². The second kappa shape index (κ2) is 11.8. The van der Waals surface area contributed by atoms with E-state index in [0.717, 1.165) is 61.7 Å². The number of Topliss-reactive ketones (excluding diaryl/α,β-unsaturated/α-hetero) is 1. The van der Waals surface area contributed by atoms with Crippen molar-refractivity contribution in [3.05, 3.63) is 42.5 Å². The van der Waals surface area contributed by atoms with Gasteiger partial charge in [0.1, 0.15) is 11.8 Å². The third kappa shape index (κ3) is 7.16. The van der Waals surface area contributed by atoms with Crippen LogP contribution in [-0.2, 0) is 14.4 Å². The number of nitrogens with zero attached hydrogens (tertiary/aromatic N) is 1. The summed E-state index contributed by atoms with van der Waals surface area (Å²) in [6.45, 7) is 3.33. The molecule has 2 amide bonds. The molecule has 2 aromatic carbocycles. The molecule has 2 aromatic rings. The number of carbonyl (C=O) groups excluding carboxylic acids is 3. The Bertz CT molecular complexity index is 943. The standard InChI is InChI=1S/C26H35N3O3/c1-19(30)9-4-3-5-13-24(28-25(31)22-12-8-16-29(2)18-22)26(32)27-23-15-14-20-10-6-7-11-21(20)17-23/h6-7,10-11,14-15,17,22,24H,3-5,8-9,12-13,16,18H2,1-2H3,(H,27,32)(H,28,31)/t22?,24-/m0/s1. The van der Waals surface area contributed by atoms with Crippen molar-refractivity contribution in [2.24, 2.45) is 5.92 Å². The van der Waals surface area contributed by atoms with Crippen molar-refractivity contribution in [2.75, 3.05) is 25.5 Å². The van der Waals surface area contributed by atoms with Crippen LogP contribution < -0.4 is 10.6 Å². The Morgan fingerprint density at radius 3 is 2.59 bits per heavy atom. The normalized spacial score (nSPS) is 17.6. The molecule has 1 aliphatic heterocycles. The lowest BCUT2D eigenvalue weighted by Gasteiger charge is -2.30. The topological polar surface area (TPSA) is 78.5 Å². The van der Waals surface area contributed by atoms with Crippen LogP contribution >= 0.6 is 0 Å². The fourth-order valence-corrected chi connectivity index (χ4v) is 4.33. The molecule has 0 radical (unpaired) electrons. The summed E-state index contributed by atoms with van der Waals surface area (Å²) in [7, 11) is 2.03. The van der Waals surface area contributed by atoms with Crippen molar-refractivity contribution in [2.45, 2.75) is 57.9 Å². The van der Waals surface area contributed by atoms with Gasteiger partial charge in [-0.3, -0.25) is 9.59 Å². The smallest absolute Gasteiger partial charge is 0.246 e. The summed E-state index contributed by atoms with van der Waals surface area (Å²) in [5.74, 6) is -0.129. The molecule has 0 spiro atoms. The lowest BCUT2D eigenvalue weighted by Crippen LogP contribution is -2.49. The van der Waals surface area contributed by atoms with Gasteiger partial charge in [-0.2, -0.15) is 0 Å². The summed E-state index contributed by atoms with van der Waals surface area (Å²) < 4.78 is 0. The maximum absolute atomic E-state index is 13.1. The Labute approximate surface area is 190 Å². The van der Waals surface area contributed by atoms with Crippen LogP contribution in [0.3, 0.4) is 0 Å². The molecule has 2 N–H and O–H groups in total. The Morgan fingerprint density at radius 1 is 1.06 bits per heavy atom. The average molecular weight is 438 g/mol. The molecular formula is C26H35N3O3. The van der Waals surface area contributed by atoms with Gasteiger partial charge in [-0.15, -0.1) is 0 Å². The number of fused-ring (bicyclic) bond motifs is 1. The van der Waals surface area contributed by atoms with Gasteiger partial charge in [0.25, 0.3) is 0 Å². The number of amides is 2. The lowest BCUT2D eigenvalue weighted by atomic mass is 9.96. The van der Waals surface area contributed by atoms with Crippen molar-refractivity contribution in [1.82, 2.24) is 10.2 Å². The third-order valence-corrected chi connectivity index (χ3v) is 6.17. The predicted octanol–water partition coefficient (Wildman–Crippen LogP) is 4.14. The van der Waals surface area contributed by atoms with Crippen LogP contribution in [0, 0.1) is 5.92 Å². The SMILES string of the molecule is CC(=O)CCCCC[C@H](NC(=O)C1CCCN(C)C1)C(=O)Nc1ccc2ccccc2c1. The van der Waals surface area contributed by atoms with Gasteiger partial charge in [-0.05, 0) is 69.1 Å². The molecule has 32 heavy (non-hydrogen) atoms. The molecule has 6 heteroatoms.